The van der Waals surface area contributed by atoms with Gasteiger partial charge >= 0.3 is 5.97 Å². The second-order valence-electron chi connectivity index (χ2n) is 5.58. The normalized spacial score (nSPS) is 18.6. The maximum absolute atomic E-state index is 12.8. The van der Waals surface area contributed by atoms with Crippen LogP contribution in [0.2, 0.25) is 0 Å². The smallest absolute Gasteiger partial charge is 0.309 e. The van der Waals surface area contributed by atoms with Crippen molar-refractivity contribution in [3.05, 3.63) is 30.1 Å². The van der Waals surface area contributed by atoms with Gasteiger partial charge in [-0.15, -0.1) is 11.8 Å². The summed E-state index contributed by atoms with van der Waals surface area (Å²) in [6, 6.07) is 6.54. The third-order valence-electron chi connectivity index (χ3n) is 4.43. The lowest BCUT2D eigenvalue weighted by atomic mass is 9.76. The van der Waals surface area contributed by atoms with Crippen molar-refractivity contribution in [1.29, 1.82) is 0 Å². The van der Waals surface area contributed by atoms with Crippen molar-refractivity contribution in [2.45, 2.75) is 31.1 Å². The van der Waals surface area contributed by atoms with Gasteiger partial charge in [-0.1, -0.05) is 6.92 Å². The number of benzene rings is 1. The van der Waals surface area contributed by atoms with E-state index >= 15 is 0 Å². The number of rotatable bonds is 6. The van der Waals surface area contributed by atoms with Crippen LogP contribution in [0.5, 0.6) is 0 Å². The van der Waals surface area contributed by atoms with Crippen LogP contribution < -0.4 is 0 Å². The molecule has 0 spiro atoms. The first kappa shape index (κ1) is 16.3. The molecule has 0 radical (unpaired) electrons. The minimum absolute atomic E-state index is 0.208. The molecule has 0 unspecified atom stereocenters. The second kappa shape index (κ2) is 7.27. The molecule has 3 nitrogen and oxygen atoms in total. The zero-order valence-corrected chi connectivity index (χ0v) is 13.2. The Balaban J connectivity index is 1.74. The van der Waals surface area contributed by atoms with Gasteiger partial charge in [0.05, 0.1) is 5.41 Å². The first-order valence-corrected chi connectivity index (χ1v) is 8.38. The summed E-state index contributed by atoms with van der Waals surface area (Å²) in [7, 11) is 0. The van der Waals surface area contributed by atoms with Crippen LogP contribution in [0.1, 0.15) is 26.2 Å². The Kier molecular flexibility index (Phi) is 5.65. The number of carboxylic acid groups (broad SMARTS) is 1. The minimum atomic E-state index is -0.648. The van der Waals surface area contributed by atoms with Crippen LogP contribution in [0.3, 0.4) is 0 Å². The average Bonchev–Trinajstić information content (AvgIpc) is 2.50. The van der Waals surface area contributed by atoms with Crippen molar-refractivity contribution in [3.63, 3.8) is 0 Å². The lowest BCUT2D eigenvalue weighted by Crippen LogP contribution is -2.44. The lowest BCUT2D eigenvalue weighted by Gasteiger charge is -2.38. The van der Waals surface area contributed by atoms with Gasteiger partial charge in [-0.3, -0.25) is 4.79 Å². The predicted octanol–water partition coefficient (Wildman–Crippen LogP) is 3.49. The second-order valence-corrected chi connectivity index (χ2v) is 6.75. The fourth-order valence-electron chi connectivity index (χ4n) is 2.75. The predicted molar refractivity (Wildman–Crippen MR) is 83.2 cm³/mol. The highest BCUT2D eigenvalue weighted by Crippen LogP contribution is 2.35. The van der Waals surface area contributed by atoms with Crippen molar-refractivity contribution >= 4 is 17.7 Å². The van der Waals surface area contributed by atoms with E-state index < -0.39 is 11.4 Å². The summed E-state index contributed by atoms with van der Waals surface area (Å²) in [6.07, 6.45) is 2.18. The van der Waals surface area contributed by atoms with E-state index in [0.717, 1.165) is 43.1 Å². The van der Waals surface area contributed by atoms with E-state index in [4.69, 9.17) is 0 Å². The van der Waals surface area contributed by atoms with E-state index in [2.05, 4.69) is 4.90 Å². The highest BCUT2D eigenvalue weighted by molar-refractivity contribution is 7.99. The molecule has 1 N–H and O–H groups in total. The fourth-order valence-corrected chi connectivity index (χ4v) is 3.66. The highest BCUT2D eigenvalue weighted by atomic mass is 32.2. The molecule has 0 aliphatic carbocycles. The van der Waals surface area contributed by atoms with Crippen LogP contribution in [0.15, 0.2) is 29.2 Å². The van der Waals surface area contributed by atoms with E-state index in [0.29, 0.717) is 6.42 Å². The van der Waals surface area contributed by atoms with Gasteiger partial charge in [-0.25, -0.2) is 4.39 Å². The summed E-state index contributed by atoms with van der Waals surface area (Å²) in [4.78, 5) is 14.8. The van der Waals surface area contributed by atoms with Crippen molar-refractivity contribution < 1.29 is 14.3 Å². The Morgan fingerprint density at radius 1 is 1.33 bits per heavy atom. The zero-order valence-electron chi connectivity index (χ0n) is 12.3. The van der Waals surface area contributed by atoms with Crippen molar-refractivity contribution in [2.24, 2.45) is 5.41 Å². The van der Waals surface area contributed by atoms with Gasteiger partial charge in [-0.05, 0) is 56.6 Å². The molecule has 21 heavy (non-hydrogen) atoms. The molecular formula is C16H22FNO2S. The number of likely N-dealkylation sites (tertiary alicyclic amines) is 1. The number of nitrogens with zero attached hydrogens (tertiary/aromatic N) is 1. The van der Waals surface area contributed by atoms with Crippen LogP contribution >= 0.6 is 11.8 Å². The van der Waals surface area contributed by atoms with Gasteiger partial charge in [0.15, 0.2) is 0 Å². The first-order chi connectivity index (χ1) is 10.1. The molecule has 0 bridgehead atoms. The number of piperidine rings is 1. The van der Waals surface area contributed by atoms with E-state index in [-0.39, 0.29) is 5.82 Å². The summed E-state index contributed by atoms with van der Waals surface area (Å²) in [5.74, 6) is 0.0861. The van der Waals surface area contributed by atoms with Gasteiger partial charge in [0.25, 0.3) is 0 Å². The molecule has 1 saturated heterocycles. The number of hydrogen-bond donors (Lipinski definition) is 1. The molecule has 0 aromatic heterocycles. The largest absolute Gasteiger partial charge is 0.481 e. The Labute approximate surface area is 129 Å². The van der Waals surface area contributed by atoms with E-state index in [9.17, 15) is 14.3 Å². The molecule has 1 aliphatic rings. The molecule has 0 amide bonds. The standard InChI is InChI=1S/C16H22FNO2S/c1-2-16(15(19)20)7-9-18(10-8-16)11-12-21-14-5-3-13(17)4-6-14/h3-6H,2,7-12H2,1H3,(H,19,20). The summed E-state index contributed by atoms with van der Waals surface area (Å²) >= 11 is 1.71. The van der Waals surface area contributed by atoms with E-state index in [1.54, 1.807) is 23.9 Å². The first-order valence-electron chi connectivity index (χ1n) is 7.40. The third-order valence-corrected chi connectivity index (χ3v) is 5.43. The quantitative estimate of drug-likeness (QED) is 0.816. The monoisotopic (exact) mass is 311 g/mol. The zero-order chi connectivity index (χ0) is 15.3. The number of halogens is 1. The van der Waals surface area contributed by atoms with Gasteiger partial charge < -0.3 is 10.0 Å². The molecule has 1 heterocycles. The topological polar surface area (TPSA) is 40.5 Å². The SMILES string of the molecule is CCC1(C(=O)O)CCN(CCSc2ccc(F)cc2)CC1. The highest BCUT2D eigenvalue weighted by Gasteiger charge is 2.39. The average molecular weight is 311 g/mol. The number of carboxylic acids is 1. The van der Waals surface area contributed by atoms with Crippen molar-refractivity contribution in [3.8, 4) is 0 Å². The molecule has 1 aliphatic heterocycles. The Bertz CT molecular complexity index is 470. The van der Waals surface area contributed by atoms with Crippen LogP contribution in [0.4, 0.5) is 4.39 Å². The maximum atomic E-state index is 12.8. The summed E-state index contributed by atoms with van der Waals surface area (Å²) in [5, 5.41) is 9.37. The molecule has 0 saturated carbocycles. The summed E-state index contributed by atoms with van der Waals surface area (Å²) in [6.45, 7) is 4.61. The summed E-state index contributed by atoms with van der Waals surface area (Å²) < 4.78 is 12.8. The molecule has 5 heteroatoms. The molecule has 1 aromatic rings. The Hall–Kier alpha value is -1.07. The number of aliphatic carboxylic acids is 1. The number of carbonyl (C=O) groups is 1. The van der Waals surface area contributed by atoms with Crippen molar-refractivity contribution in [2.75, 3.05) is 25.4 Å². The molecule has 1 fully saturated rings. The molecule has 116 valence electrons. The molecule has 1 aromatic carbocycles. The van der Waals surface area contributed by atoms with E-state index in [1.165, 1.54) is 12.1 Å². The van der Waals surface area contributed by atoms with Gasteiger partial charge in [0, 0.05) is 17.2 Å². The minimum Gasteiger partial charge on any atom is -0.481 e. The third kappa shape index (κ3) is 4.20. The fraction of sp³-hybridized carbons (Fsp3) is 0.562. The number of hydrogen-bond acceptors (Lipinski definition) is 3. The van der Waals surface area contributed by atoms with Gasteiger partial charge in [0.2, 0.25) is 0 Å². The Morgan fingerprint density at radius 3 is 2.48 bits per heavy atom. The van der Waals surface area contributed by atoms with Crippen LogP contribution in [-0.2, 0) is 4.79 Å². The number of thioether (sulfide) groups is 1. The summed E-state index contributed by atoms with van der Waals surface area (Å²) in [5.41, 5.74) is -0.513. The maximum Gasteiger partial charge on any atom is 0.309 e. The lowest BCUT2D eigenvalue weighted by molar-refractivity contribution is -0.152. The molecule has 0 atom stereocenters. The Morgan fingerprint density at radius 2 is 1.95 bits per heavy atom. The van der Waals surface area contributed by atoms with Crippen molar-refractivity contribution in [1.82, 2.24) is 4.90 Å². The van der Waals surface area contributed by atoms with Crippen LogP contribution in [-0.4, -0.2) is 41.4 Å². The van der Waals surface area contributed by atoms with Gasteiger partial charge in [0.1, 0.15) is 5.82 Å². The molecule has 2 rings (SSSR count). The molecular weight excluding hydrogens is 289 g/mol. The van der Waals surface area contributed by atoms with Crippen LogP contribution in [0.25, 0.3) is 0 Å². The van der Waals surface area contributed by atoms with Gasteiger partial charge in [-0.2, -0.15) is 0 Å². The van der Waals surface area contributed by atoms with E-state index in [1.807, 2.05) is 6.92 Å². The van der Waals surface area contributed by atoms with Crippen LogP contribution in [0, 0.1) is 11.2 Å².